The second-order valence-corrected chi connectivity index (χ2v) is 8.52. The van der Waals surface area contributed by atoms with Crippen LogP contribution < -0.4 is 11.2 Å². The summed E-state index contributed by atoms with van der Waals surface area (Å²) in [6.45, 7) is 0. The number of nitrogens with one attached hydrogen (secondary N) is 1. The summed E-state index contributed by atoms with van der Waals surface area (Å²) in [7, 11) is 0. The van der Waals surface area contributed by atoms with Gasteiger partial charge in [-0.3, -0.25) is 19.8 Å². The summed E-state index contributed by atoms with van der Waals surface area (Å²) >= 11 is 0. The van der Waals surface area contributed by atoms with Gasteiger partial charge in [-0.15, -0.1) is 0 Å². The highest BCUT2D eigenvalue weighted by atomic mass is 16.5. The van der Waals surface area contributed by atoms with E-state index in [2.05, 4.69) is 16.8 Å². The van der Waals surface area contributed by atoms with Crippen LogP contribution in [0.3, 0.4) is 0 Å². The summed E-state index contributed by atoms with van der Waals surface area (Å²) in [6.07, 6.45) is 4.10. The monoisotopic (exact) mass is 465 g/mol. The Morgan fingerprint density at radius 2 is 1.86 bits per heavy atom. The van der Waals surface area contributed by atoms with Gasteiger partial charge in [0.05, 0.1) is 5.69 Å². The van der Waals surface area contributed by atoms with Crippen LogP contribution in [-0.4, -0.2) is 31.8 Å². The molecule has 0 bridgehead atoms. The van der Waals surface area contributed by atoms with Crippen LogP contribution in [0.25, 0.3) is 22.2 Å². The molecule has 1 fully saturated rings. The molecule has 4 N–H and O–H groups in total. The smallest absolute Gasteiger partial charge is 0.268 e. The minimum atomic E-state index is -0.830. The molecule has 4 aromatic rings. The summed E-state index contributed by atoms with van der Waals surface area (Å²) in [5, 5.41) is 15.1. The number of carbonyl (C=O) groups is 2. The average molecular weight is 466 g/mol. The van der Waals surface area contributed by atoms with Crippen molar-refractivity contribution in [1.82, 2.24) is 20.2 Å². The van der Waals surface area contributed by atoms with E-state index in [0.29, 0.717) is 34.8 Å². The highest BCUT2D eigenvalue weighted by molar-refractivity contribution is 5.97. The molecule has 35 heavy (non-hydrogen) atoms. The van der Waals surface area contributed by atoms with Gasteiger partial charge >= 0.3 is 0 Å². The first-order chi connectivity index (χ1) is 17.0. The predicted molar refractivity (Wildman–Crippen MR) is 130 cm³/mol. The summed E-state index contributed by atoms with van der Waals surface area (Å²) in [4.78, 5) is 28.8. The first-order valence-electron chi connectivity index (χ1n) is 11.3. The van der Waals surface area contributed by atoms with Crippen LogP contribution in [0.2, 0.25) is 0 Å². The van der Waals surface area contributed by atoms with Crippen molar-refractivity contribution in [3.05, 3.63) is 83.7 Å². The molecule has 1 atom stereocenters. The third-order valence-electron chi connectivity index (χ3n) is 6.01. The van der Waals surface area contributed by atoms with Crippen molar-refractivity contribution in [1.29, 1.82) is 0 Å². The van der Waals surface area contributed by atoms with Crippen LogP contribution in [0.1, 0.15) is 40.5 Å². The van der Waals surface area contributed by atoms with Gasteiger partial charge in [0.25, 0.3) is 5.91 Å². The van der Waals surface area contributed by atoms with Crippen molar-refractivity contribution in [3.63, 3.8) is 0 Å². The van der Waals surface area contributed by atoms with Gasteiger partial charge < -0.3 is 5.73 Å². The van der Waals surface area contributed by atoms with E-state index in [1.54, 1.807) is 40.6 Å². The molecular formula is C27H23N5O3. The van der Waals surface area contributed by atoms with Crippen molar-refractivity contribution in [3.8, 4) is 23.1 Å². The normalized spacial score (nSPS) is 13.6. The zero-order valence-electron chi connectivity index (χ0n) is 18.8. The molecule has 2 aromatic heterocycles. The summed E-state index contributed by atoms with van der Waals surface area (Å²) in [5.41, 5.74) is 11.0. The maximum atomic E-state index is 12.8. The van der Waals surface area contributed by atoms with Gasteiger partial charge in [-0.2, -0.15) is 5.10 Å². The fraction of sp³-hybridized carbons (Fsp3) is 0.185. The molecule has 8 heteroatoms. The third-order valence-corrected chi connectivity index (χ3v) is 6.01. The average Bonchev–Trinajstić information content (AvgIpc) is 3.65. The van der Waals surface area contributed by atoms with E-state index in [1.807, 2.05) is 36.4 Å². The fourth-order valence-electron chi connectivity index (χ4n) is 3.98. The highest BCUT2D eigenvalue weighted by Gasteiger charge is 2.27. The molecule has 8 nitrogen and oxygen atoms in total. The Kier molecular flexibility index (Phi) is 6.00. The number of hydrogen-bond acceptors (Lipinski definition) is 5. The van der Waals surface area contributed by atoms with Gasteiger partial charge in [0.2, 0.25) is 5.91 Å². The van der Waals surface area contributed by atoms with Crippen LogP contribution in [0, 0.1) is 17.8 Å². The molecule has 1 aliphatic carbocycles. The Morgan fingerprint density at radius 1 is 1.11 bits per heavy atom. The lowest BCUT2D eigenvalue weighted by atomic mass is 10.0. The van der Waals surface area contributed by atoms with Crippen LogP contribution in [0.5, 0.6) is 0 Å². The second kappa shape index (κ2) is 9.41. The lowest BCUT2D eigenvalue weighted by Gasteiger charge is -2.17. The molecule has 1 saturated carbocycles. The van der Waals surface area contributed by atoms with E-state index in [1.165, 1.54) is 0 Å². The molecule has 0 radical (unpaired) electrons. The number of nitrogens with zero attached hydrogens (tertiary/aromatic N) is 3. The van der Waals surface area contributed by atoms with Gasteiger partial charge in [-0.05, 0) is 42.5 Å². The molecule has 5 rings (SSSR count). The zero-order chi connectivity index (χ0) is 24.4. The Balaban J connectivity index is 1.67. The number of carbonyl (C=O) groups excluding carboxylic acids is 2. The minimum absolute atomic E-state index is 0.315. The number of nitrogens with two attached hydrogens (primary N) is 1. The lowest BCUT2D eigenvalue weighted by molar-refractivity contribution is -0.133. The standard InChI is InChI=1S/C27H23N5O3/c28-26(33)20-11-9-19(10-12-20)24-25-21(14-15-29-24)22(13-8-17-6-7-17)32(30-25)23(27(34)31-35)16-18-4-2-1-3-5-18/h1-5,9-12,14-15,17,23,35H,6-7,16H2,(H2,28,33)(H,31,34). The van der Waals surface area contributed by atoms with E-state index in [4.69, 9.17) is 10.8 Å². The van der Waals surface area contributed by atoms with Crippen molar-refractivity contribution in [2.75, 3.05) is 0 Å². The quantitative estimate of drug-likeness (QED) is 0.229. The number of pyridine rings is 1. The molecule has 2 heterocycles. The number of hydroxylamine groups is 1. The van der Waals surface area contributed by atoms with Crippen LogP contribution in [0.15, 0.2) is 66.9 Å². The van der Waals surface area contributed by atoms with Gasteiger partial charge in [-0.25, -0.2) is 10.2 Å². The van der Waals surface area contributed by atoms with E-state index in [9.17, 15) is 14.8 Å². The molecule has 1 unspecified atom stereocenters. The van der Waals surface area contributed by atoms with Gasteiger partial charge in [-0.1, -0.05) is 48.4 Å². The minimum Gasteiger partial charge on any atom is -0.366 e. The van der Waals surface area contributed by atoms with Crippen LogP contribution in [0.4, 0.5) is 0 Å². The number of amides is 2. The SMILES string of the molecule is NC(=O)c1ccc(-c2nccc3c(C#CC4CC4)n(C(Cc4ccccc4)C(=O)NO)nc23)cc1. The van der Waals surface area contributed by atoms with Crippen LogP contribution in [-0.2, 0) is 11.2 Å². The highest BCUT2D eigenvalue weighted by Crippen LogP contribution is 2.32. The molecule has 0 spiro atoms. The van der Waals surface area contributed by atoms with Crippen LogP contribution >= 0.6 is 0 Å². The number of hydrogen-bond donors (Lipinski definition) is 3. The van der Waals surface area contributed by atoms with E-state index in [0.717, 1.165) is 29.4 Å². The van der Waals surface area contributed by atoms with E-state index >= 15 is 0 Å². The lowest BCUT2D eigenvalue weighted by Crippen LogP contribution is -2.33. The summed E-state index contributed by atoms with van der Waals surface area (Å²) < 4.78 is 1.58. The number of rotatable bonds is 6. The van der Waals surface area contributed by atoms with Crippen molar-refractivity contribution < 1.29 is 14.8 Å². The maximum Gasteiger partial charge on any atom is 0.268 e. The summed E-state index contributed by atoms with van der Waals surface area (Å²) in [5.74, 6) is 5.76. The first kappa shape index (κ1) is 22.3. The molecule has 2 aromatic carbocycles. The molecule has 174 valence electrons. The molecular weight excluding hydrogens is 442 g/mol. The number of benzene rings is 2. The van der Waals surface area contributed by atoms with Crippen molar-refractivity contribution in [2.45, 2.75) is 25.3 Å². The molecule has 0 aliphatic heterocycles. The molecule has 1 aliphatic rings. The first-order valence-corrected chi connectivity index (χ1v) is 11.3. The maximum absolute atomic E-state index is 12.8. The Bertz CT molecular complexity index is 1460. The number of fused-ring (bicyclic) bond motifs is 1. The number of primary amides is 1. The molecule has 2 amide bonds. The van der Waals surface area contributed by atoms with Crippen molar-refractivity contribution in [2.24, 2.45) is 11.7 Å². The fourth-order valence-corrected chi connectivity index (χ4v) is 3.98. The Labute approximate surface area is 201 Å². The summed E-state index contributed by atoms with van der Waals surface area (Å²) in [6, 6.07) is 17.3. The molecule has 0 saturated heterocycles. The second-order valence-electron chi connectivity index (χ2n) is 8.52. The van der Waals surface area contributed by atoms with Gasteiger partial charge in [0.1, 0.15) is 17.3 Å². The van der Waals surface area contributed by atoms with E-state index in [-0.39, 0.29) is 0 Å². The Hall–Kier alpha value is -4.48. The number of aromatic nitrogens is 3. The topological polar surface area (TPSA) is 123 Å². The van der Waals surface area contributed by atoms with Gasteiger partial charge in [0, 0.05) is 35.0 Å². The van der Waals surface area contributed by atoms with Gasteiger partial charge in [0.15, 0.2) is 0 Å². The van der Waals surface area contributed by atoms with E-state index < -0.39 is 17.9 Å². The Morgan fingerprint density at radius 3 is 2.51 bits per heavy atom. The van der Waals surface area contributed by atoms with Crippen molar-refractivity contribution >= 4 is 22.7 Å². The largest absolute Gasteiger partial charge is 0.366 e. The zero-order valence-corrected chi connectivity index (χ0v) is 18.8. The predicted octanol–water partition coefficient (Wildman–Crippen LogP) is 3.25. The third kappa shape index (κ3) is 4.63.